The summed E-state index contributed by atoms with van der Waals surface area (Å²) in [5.74, 6) is 1.04. The maximum absolute atomic E-state index is 5.85. The highest BCUT2D eigenvalue weighted by molar-refractivity contribution is 5.26. The average molecular weight is 210 g/mol. The minimum absolute atomic E-state index is 0.0122. The summed E-state index contributed by atoms with van der Waals surface area (Å²) in [6.45, 7) is 17.4. The largest absolute Gasteiger partial charge is 0.241 e. The topological polar surface area (TPSA) is 17.0 Å². The molecular formula is C13H24NO+. The van der Waals surface area contributed by atoms with E-state index >= 15 is 0 Å². The van der Waals surface area contributed by atoms with Gasteiger partial charge in [0.1, 0.15) is 0 Å². The molecule has 15 heavy (non-hydrogen) atoms. The van der Waals surface area contributed by atoms with Crippen molar-refractivity contribution in [2.24, 2.45) is 0 Å². The molecular weight excluding hydrogens is 186 g/mol. The lowest BCUT2D eigenvalue weighted by atomic mass is 9.85. The van der Waals surface area contributed by atoms with Crippen LogP contribution in [0.1, 0.15) is 58.6 Å². The van der Waals surface area contributed by atoms with E-state index in [4.69, 9.17) is 4.52 Å². The van der Waals surface area contributed by atoms with Gasteiger partial charge in [-0.15, -0.1) is 0 Å². The van der Waals surface area contributed by atoms with E-state index in [1.54, 1.807) is 0 Å². The molecule has 2 heteroatoms. The fourth-order valence-electron chi connectivity index (χ4n) is 2.32. The first kappa shape index (κ1) is 12.3. The fraction of sp³-hybridized carbons (Fsp3) is 0.769. The SMILES string of the molecule is Cc1o[n+](C(C)(C)C)c(C)c1C(C)(C)C. The van der Waals surface area contributed by atoms with Crippen LogP contribution < -0.4 is 4.74 Å². The Hall–Kier alpha value is -0.790. The van der Waals surface area contributed by atoms with E-state index in [1.807, 2.05) is 4.74 Å². The Kier molecular flexibility index (Phi) is 2.75. The van der Waals surface area contributed by atoms with Crippen molar-refractivity contribution in [2.45, 2.75) is 66.3 Å². The molecule has 0 aliphatic rings. The number of nitrogens with zero attached hydrogens (tertiary/aromatic N) is 1. The lowest BCUT2D eigenvalue weighted by Crippen LogP contribution is -2.51. The molecule has 0 aromatic carbocycles. The predicted octanol–water partition coefficient (Wildman–Crippen LogP) is 3.24. The highest BCUT2D eigenvalue weighted by Gasteiger charge is 2.36. The Morgan fingerprint density at radius 2 is 1.40 bits per heavy atom. The quantitative estimate of drug-likeness (QED) is 0.601. The average Bonchev–Trinajstić information content (AvgIpc) is 2.22. The van der Waals surface area contributed by atoms with E-state index in [0.29, 0.717) is 0 Å². The van der Waals surface area contributed by atoms with E-state index in [1.165, 1.54) is 11.3 Å². The van der Waals surface area contributed by atoms with Gasteiger partial charge < -0.3 is 0 Å². The lowest BCUT2D eigenvalue weighted by molar-refractivity contribution is -0.911. The molecule has 1 aromatic heterocycles. The third-order valence-corrected chi connectivity index (χ3v) is 2.61. The van der Waals surface area contributed by atoms with Crippen molar-refractivity contribution in [2.75, 3.05) is 0 Å². The molecule has 0 fully saturated rings. The Morgan fingerprint density at radius 1 is 0.933 bits per heavy atom. The van der Waals surface area contributed by atoms with Gasteiger partial charge in [-0.3, -0.25) is 0 Å². The first-order valence-corrected chi connectivity index (χ1v) is 5.58. The van der Waals surface area contributed by atoms with Crippen LogP contribution in [0.15, 0.2) is 4.52 Å². The summed E-state index contributed by atoms with van der Waals surface area (Å²) in [5.41, 5.74) is 2.73. The van der Waals surface area contributed by atoms with Gasteiger partial charge in [0, 0.05) is 34.6 Å². The van der Waals surface area contributed by atoms with Crippen molar-refractivity contribution >= 4 is 0 Å². The molecule has 0 bridgehead atoms. The van der Waals surface area contributed by atoms with Gasteiger partial charge in [0.25, 0.3) is 0 Å². The first-order valence-electron chi connectivity index (χ1n) is 5.58. The van der Waals surface area contributed by atoms with E-state index < -0.39 is 0 Å². The Labute approximate surface area is 93.3 Å². The van der Waals surface area contributed by atoms with Gasteiger partial charge in [-0.1, -0.05) is 20.8 Å². The van der Waals surface area contributed by atoms with E-state index in [0.717, 1.165) is 5.76 Å². The molecule has 86 valence electrons. The zero-order valence-corrected chi connectivity index (χ0v) is 11.4. The Morgan fingerprint density at radius 3 is 1.60 bits per heavy atom. The first-order chi connectivity index (χ1) is 6.55. The van der Waals surface area contributed by atoms with Gasteiger partial charge in [-0.25, -0.2) is 4.52 Å². The monoisotopic (exact) mass is 210 g/mol. The molecule has 0 unspecified atom stereocenters. The molecule has 1 rings (SSSR count). The molecule has 2 nitrogen and oxygen atoms in total. The second kappa shape index (κ2) is 3.36. The van der Waals surface area contributed by atoms with Gasteiger partial charge in [0.2, 0.25) is 11.2 Å². The van der Waals surface area contributed by atoms with Crippen molar-refractivity contribution < 1.29 is 9.26 Å². The molecule has 1 heterocycles. The molecule has 0 radical (unpaired) electrons. The zero-order chi connectivity index (χ0) is 12.0. The van der Waals surface area contributed by atoms with Crippen LogP contribution in [0.5, 0.6) is 0 Å². The molecule has 0 atom stereocenters. The summed E-state index contributed by atoms with van der Waals surface area (Å²) in [6, 6.07) is 0. The second-order valence-electron chi connectivity index (χ2n) is 6.32. The summed E-state index contributed by atoms with van der Waals surface area (Å²) in [7, 11) is 0. The summed E-state index contributed by atoms with van der Waals surface area (Å²) in [4.78, 5) is 0. The van der Waals surface area contributed by atoms with Crippen molar-refractivity contribution in [3.8, 4) is 0 Å². The summed E-state index contributed by atoms with van der Waals surface area (Å²) >= 11 is 0. The Bertz CT molecular complexity index is 361. The minimum atomic E-state index is 0.0122. The molecule has 0 aliphatic heterocycles. The van der Waals surface area contributed by atoms with Crippen LogP contribution in [0.4, 0.5) is 0 Å². The fourth-order valence-corrected chi connectivity index (χ4v) is 2.32. The standard InChI is InChI=1S/C13H24NO/c1-9-11(12(3,4)5)10(2)15-14(9)13(6,7)8/h1-8H3/q+1. The summed E-state index contributed by atoms with van der Waals surface area (Å²) in [5, 5.41) is 0. The minimum Gasteiger partial charge on any atom is -0.241 e. The number of aryl methyl sites for hydroxylation is 1. The third-order valence-electron chi connectivity index (χ3n) is 2.61. The number of rotatable bonds is 0. The van der Waals surface area contributed by atoms with E-state index in [2.05, 4.69) is 55.4 Å². The zero-order valence-electron chi connectivity index (χ0n) is 11.4. The lowest BCUT2D eigenvalue weighted by Gasteiger charge is -2.16. The molecule has 0 saturated heterocycles. The van der Waals surface area contributed by atoms with Crippen LogP contribution in [0.2, 0.25) is 0 Å². The van der Waals surface area contributed by atoms with Gasteiger partial charge in [0.15, 0.2) is 5.76 Å². The van der Waals surface area contributed by atoms with Crippen LogP contribution >= 0.6 is 0 Å². The predicted molar refractivity (Wildman–Crippen MR) is 62.1 cm³/mol. The molecule has 0 amide bonds. The van der Waals surface area contributed by atoms with Crippen molar-refractivity contribution in [1.82, 2.24) is 0 Å². The number of hydrogen-bond acceptors (Lipinski definition) is 1. The highest BCUT2D eigenvalue weighted by atomic mass is 16.5. The summed E-state index contributed by atoms with van der Waals surface area (Å²) < 4.78 is 7.87. The summed E-state index contributed by atoms with van der Waals surface area (Å²) in [6.07, 6.45) is 0. The third kappa shape index (κ3) is 2.24. The molecule has 0 N–H and O–H groups in total. The van der Waals surface area contributed by atoms with Crippen LogP contribution in [0.25, 0.3) is 0 Å². The molecule has 0 spiro atoms. The van der Waals surface area contributed by atoms with Crippen LogP contribution in [-0.4, -0.2) is 0 Å². The van der Waals surface area contributed by atoms with Crippen molar-refractivity contribution in [1.29, 1.82) is 0 Å². The normalized spacial score (nSPS) is 13.3. The smallest absolute Gasteiger partial charge is 0.233 e. The maximum Gasteiger partial charge on any atom is 0.233 e. The maximum atomic E-state index is 5.85. The number of aromatic nitrogens is 1. The molecule has 0 saturated carbocycles. The molecule has 1 aromatic rings. The van der Waals surface area contributed by atoms with Crippen LogP contribution in [-0.2, 0) is 11.0 Å². The highest BCUT2D eigenvalue weighted by Crippen LogP contribution is 2.28. The van der Waals surface area contributed by atoms with E-state index in [9.17, 15) is 0 Å². The van der Waals surface area contributed by atoms with Crippen molar-refractivity contribution in [3.63, 3.8) is 0 Å². The number of hydrogen-bond donors (Lipinski definition) is 0. The van der Waals surface area contributed by atoms with Gasteiger partial charge in [0.05, 0.1) is 5.56 Å². The van der Waals surface area contributed by atoms with Crippen LogP contribution in [0.3, 0.4) is 0 Å². The Balaban J connectivity index is 3.41. The van der Waals surface area contributed by atoms with E-state index in [-0.39, 0.29) is 11.0 Å². The second-order valence-corrected chi connectivity index (χ2v) is 6.32. The molecule has 0 aliphatic carbocycles. The van der Waals surface area contributed by atoms with Gasteiger partial charge in [-0.2, -0.15) is 0 Å². The van der Waals surface area contributed by atoms with Gasteiger partial charge in [-0.05, 0) is 10.2 Å². The van der Waals surface area contributed by atoms with Gasteiger partial charge >= 0.3 is 0 Å². The van der Waals surface area contributed by atoms with Crippen LogP contribution in [0, 0.1) is 13.8 Å². The van der Waals surface area contributed by atoms with Crippen molar-refractivity contribution in [3.05, 3.63) is 17.0 Å².